The van der Waals surface area contributed by atoms with E-state index in [1.54, 1.807) is 18.3 Å². The zero-order chi connectivity index (χ0) is 28.3. The Morgan fingerprint density at radius 2 is 1.85 bits per heavy atom. The molecule has 1 saturated carbocycles. The van der Waals surface area contributed by atoms with Gasteiger partial charge < -0.3 is 15.0 Å². The van der Waals surface area contributed by atoms with E-state index in [9.17, 15) is 18.0 Å². The van der Waals surface area contributed by atoms with E-state index in [-0.39, 0.29) is 11.4 Å². The number of benzene rings is 1. The summed E-state index contributed by atoms with van der Waals surface area (Å²) in [6.07, 6.45) is 3.45. The summed E-state index contributed by atoms with van der Waals surface area (Å²) in [7, 11) is 0. The number of carbonyl (C=O) groups excluding carboxylic acids is 1. The topological polar surface area (TPSA) is 106 Å². The van der Waals surface area contributed by atoms with E-state index in [4.69, 9.17) is 4.74 Å². The fourth-order valence-corrected chi connectivity index (χ4v) is 4.68. The van der Waals surface area contributed by atoms with E-state index in [2.05, 4.69) is 30.2 Å². The van der Waals surface area contributed by atoms with Crippen molar-refractivity contribution in [2.24, 2.45) is 5.92 Å². The van der Waals surface area contributed by atoms with Gasteiger partial charge in [-0.15, -0.1) is 0 Å². The molecule has 208 valence electrons. The molecule has 0 radical (unpaired) electrons. The second-order valence-corrected chi connectivity index (χ2v) is 9.90. The molecule has 8 nitrogen and oxygen atoms in total. The van der Waals surface area contributed by atoms with Crippen molar-refractivity contribution in [1.82, 2.24) is 24.9 Å². The minimum Gasteiger partial charge on any atom is -0.476 e. The van der Waals surface area contributed by atoms with Gasteiger partial charge in [-0.25, -0.2) is 23.1 Å². The number of H-pyrrole nitrogens is 1. The first-order valence-electron chi connectivity index (χ1n) is 13.2. The first-order chi connectivity index (χ1) is 20.0. The van der Waals surface area contributed by atoms with Crippen molar-refractivity contribution in [2.45, 2.75) is 31.6 Å². The molecule has 4 heterocycles. The number of fused-ring (bicyclic) bond motifs is 1. The average Bonchev–Trinajstić information content (AvgIpc) is 3.73. The maximum absolute atomic E-state index is 13.4. The quantitative estimate of drug-likeness (QED) is 0.206. The van der Waals surface area contributed by atoms with Crippen molar-refractivity contribution >= 4 is 22.8 Å². The summed E-state index contributed by atoms with van der Waals surface area (Å²) in [6.45, 7) is 0.568. The third-order valence-corrected chi connectivity index (χ3v) is 6.93. The Hall–Kier alpha value is -4.80. The third kappa shape index (κ3) is 5.88. The summed E-state index contributed by atoms with van der Waals surface area (Å²) < 4.78 is 46.2. The molecular formula is C30H25F3N6O2. The van der Waals surface area contributed by atoms with Gasteiger partial charge in [-0.3, -0.25) is 9.78 Å². The maximum atomic E-state index is 13.4. The highest BCUT2D eigenvalue weighted by Gasteiger charge is 2.27. The van der Waals surface area contributed by atoms with Gasteiger partial charge in [0.1, 0.15) is 29.0 Å². The number of hydrogen-bond acceptors (Lipinski definition) is 6. The first kappa shape index (κ1) is 26.4. The van der Waals surface area contributed by atoms with Crippen LogP contribution in [-0.4, -0.2) is 43.9 Å². The lowest BCUT2D eigenvalue weighted by Gasteiger charge is -2.17. The van der Waals surface area contributed by atoms with Gasteiger partial charge in [0, 0.05) is 24.4 Å². The molecular weight excluding hydrogens is 533 g/mol. The Morgan fingerprint density at radius 3 is 2.59 bits per heavy atom. The van der Waals surface area contributed by atoms with E-state index >= 15 is 0 Å². The number of alkyl halides is 2. The molecule has 1 amide bonds. The number of carbonyl (C=O) groups is 1. The van der Waals surface area contributed by atoms with E-state index in [1.165, 1.54) is 24.7 Å². The molecule has 0 saturated heterocycles. The van der Waals surface area contributed by atoms with Crippen molar-refractivity contribution in [2.75, 3.05) is 11.9 Å². The number of rotatable bonds is 10. The SMILES string of the molecule is O=C(Nc1cc(-c2[nH]c3c(OCC4CC4)ncnc3c2-c2ccccn2)ccn1)[C@@H](CC(F)F)c1ccc(F)cc1. The number of anilines is 1. The van der Waals surface area contributed by atoms with Crippen LogP contribution in [0.3, 0.4) is 0 Å². The number of aromatic nitrogens is 5. The minimum atomic E-state index is -2.74. The number of ether oxygens (including phenoxy) is 1. The summed E-state index contributed by atoms with van der Waals surface area (Å²) in [5.41, 5.74) is 4.19. The van der Waals surface area contributed by atoms with E-state index in [1.807, 2.05) is 18.2 Å². The summed E-state index contributed by atoms with van der Waals surface area (Å²) in [5.74, 6) is -1.27. The van der Waals surface area contributed by atoms with E-state index in [0.717, 1.165) is 25.0 Å². The molecule has 4 aromatic heterocycles. The summed E-state index contributed by atoms with van der Waals surface area (Å²) in [5, 5.41) is 2.66. The number of amides is 1. The first-order valence-corrected chi connectivity index (χ1v) is 13.2. The van der Waals surface area contributed by atoms with Crippen molar-refractivity contribution < 1.29 is 22.7 Å². The Kier molecular flexibility index (Phi) is 7.32. The minimum absolute atomic E-state index is 0.163. The molecule has 1 fully saturated rings. The van der Waals surface area contributed by atoms with Crippen LogP contribution < -0.4 is 10.1 Å². The van der Waals surface area contributed by atoms with Crippen LogP contribution in [0.15, 0.2) is 73.3 Å². The highest BCUT2D eigenvalue weighted by atomic mass is 19.3. The second kappa shape index (κ2) is 11.4. The third-order valence-electron chi connectivity index (χ3n) is 6.93. The zero-order valence-corrected chi connectivity index (χ0v) is 21.7. The fourth-order valence-electron chi connectivity index (χ4n) is 4.68. The maximum Gasteiger partial charge on any atom is 0.241 e. The molecule has 5 aromatic rings. The predicted molar refractivity (Wildman–Crippen MR) is 147 cm³/mol. The predicted octanol–water partition coefficient (Wildman–Crippen LogP) is 6.39. The number of aromatic amines is 1. The van der Waals surface area contributed by atoms with Crippen LogP contribution in [0.2, 0.25) is 0 Å². The molecule has 2 N–H and O–H groups in total. The largest absolute Gasteiger partial charge is 0.476 e. The van der Waals surface area contributed by atoms with Crippen LogP contribution in [0.1, 0.15) is 30.7 Å². The van der Waals surface area contributed by atoms with Crippen LogP contribution in [0.25, 0.3) is 33.5 Å². The Balaban J connectivity index is 1.36. The standard InChI is InChI=1S/C30H25F3N6O2/c31-20-8-6-18(7-9-20)21(14-23(32)33)29(40)38-24-13-19(10-12-35-24)26-25(22-3-1-2-11-34-22)27-28(39-26)30(37-16-36-27)41-15-17-4-5-17/h1-3,6-13,16-17,21,23,39H,4-5,14-15H2,(H,35,38,40)/t21-/m0/s1. The van der Waals surface area contributed by atoms with Gasteiger partial charge in [-0.2, -0.15) is 4.98 Å². The van der Waals surface area contributed by atoms with Crippen molar-refractivity contribution in [3.63, 3.8) is 0 Å². The molecule has 6 rings (SSSR count). The summed E-state index contributed by atoms with van der Waals surface area (Å²) in [6, 6.07) is 13.9. The molecule has 11 heteroatoms. The molecule has 0 aliphatic heterocycles. The molecule has 0 spiro atoms. The van der Waals surface area contributed by atoms with Gasteiger partial charge in [0.15, 0.2) is 0 Å². The number of hydrogen-bond donors (Lipinski definition) is 2. The van der Waals surface area contributed by atoms with Gasteiger partial charge in [0.25, 0.3) is 0 Å². The lowest BCUT2D eigenvalue weighted by molar-refractivity contribution is -0.118. The Labute approximate surface area is 233 Å². The van der Waals surface area contributed by atoms with Gasteiger partial charge >= 0.3 is 0 Å². The normalized spacial score (nSPS) is 13.9. The highest BCUT2D eigenvalue weighted by Crippen LogP contribution is 2.39. The van der Waals surface area contributed by atoms with Crippen LogP contribution in [0.4, 0.5) is 19.0 Å². The van der Waals surface area contributed by atoms with Crippen LogP contribution in [0, 0.1) is 11.7 Å². The van der Waals surface area contributed by atoms with Crippen LogP contribution in [0.5, 0.6) is 5.88 Å². The molecule has 1 atom stereocenters. The smallest absolute Gasteiger partial charge is 0.241 e. The lowest BCUT2D eigenvalue weighted by Crippen LogP contribution is -2.23. The van der Waals surface area contributed by atoms with Gasteiger partial charge in [-0.05, 0) is 60.7 Å². The van der Waals surface area contributed by atoms with Crippen LogP contribution in [-0.2, 0) is 4.79 Å². The van der Waals surface area contributed by atoms with E-state index in [0.29, 0.717) is 52.0 Å². The second-order valence-electron chi connectivity index (χ2n) is 9.90. The van der Waals surface area contributed by atoms with Crippen molar-refractivity contribution in [3.05, 3.63) is 84.7 Å². The molecule has 1 aliphatic rings. The zero-order valence-electron chi connectivity index (χ0n) is 21.7. The van der Waals surface area contributed by atoms with Crippen molar-refractivity contribution in [1.29, 1.82) is 0 Å². The summed E-state index contributed by atoms with van der Waals surface area (Å²) in [4.78, 5) is 34.2. The number of halogens is 3. The number of nitrogens with one attached hydrogen (secondary N) is 2. The van der Waals surface area contributed by atoms with Gasteiger partial charge in [0.2, 0.25) is 18.2 Å². The summed E-state index contributed by atoms with van der Waals surface area (Å²) >= 11 is 0. The van der Waals surface area contributed by atoms with Crippen LogP contribution >= 0.6 is 0 Å². The van der Waals surface area contributed by atoms with Gasteiger partial charge in [-0.1, -0.05) is 18.2 Å². The molecule has 41 heavy (non-hydrogen) atoms. The molecule has 0 unspecified atom stereocenters. The molecule has 0 bridgehead atoms. The Bertz CT molecular complexity index is 1670. The van der Waals surface area contributed by atoms with E-state index < -0.39 is 30.5 Å². The number of pyridine rings is 2. The Morgan fingerprint density at radius 1 is 1.02 bits per heavy atom. The van der Waals surface area contributed by atoms with Crippen molar-refractivity contribution in [3.8, 4) is 28.4 Å². The lowest BCUT2D eigenvalue weighted by atomic mass is 9.95. The van der Waals surface area contributed by atoms with Gasteiger partial charge in [0.05, 0.1) is 29.5 Å². The monoisotopic (exact) mass is 558 g/mol. The number of nitrogens with zero attached hydrogens (tertiary/aromatic N) is 4. The average molecular weight is 559 g/mol. The fraction of sp³-hybridized carbons (Fsp3) is 0.233. The molecule has 1 aliphatic carbocycles. The highest BCUT2D eigenvalue weighted by molar-refractivity contribution is 6.02. The molecule has 1 aromatic carbocycles.